The Morgan fingerprint density at radius 1 is 0.561 bits per heavy atom. The lowest BCUT2D eigenvalue weighted by Gasteiger charge is -2.40. The fourth-order valence-corrected chi connectivity index (χ4v) is 7.77. The molecule has 1 rings (SSSR count). The van der Waals surface area contributed by atoms with Crippen LogP contribution in [0.3, 0.4) is 0 Å². The average Bonchev–Trinajstić information content (AvgIpc) is 3.31. The minimum Gasteiger partial charge on any atom is -0.466 e. The Kier molecular flexibility index (Phi) is 41.7. The molecule has 11 nitrogen and oxygen atoms in total. The molecule has 1 heterocycles. The third-order valence-corrected chi connectivity index (χ3v) is 12.1. The molecule has 1 aliphatic heterocycles. The normalized spacial score (nSPS) is 20.1. The van der Waals surface area contributed by atoms with E-state index in [1.807, 2.05) is 6.08 Å². The van der Waals surface area contributed by atoms with Crippen LogP contribution in [0.25, 0.3) is 0 Å². The van der Waals surface area contributed by atoms with E-state index in [0.717, 1.165) is 103 Å². The highest BCUT2D eigenvalue weighted by Crippen LogP contribution is 2.22. The molecule has 11 heteroatoms. The Morgan fingerprint density at radius 2 is 1.06 bits per heavy atom. The van der Waals surface area contributed by atoms with Crippen LogP contribution in [-0.4, -0.2) is 100 Å². The summed E-state index contributed by atoms with van der Waals surface area (Å²) < 4.78 is 16.6. The van der Waals surface area contributed by atoms with Gasteiger partial charge in [-0.3, -0.25) is 9.59 Å². The number of hydrogen-bond donors (Lipinski definition) is 6. The molecule has 0 spiro atoms. The summed E-state index contributed by atoms with van der Waals surface area (Å²) in [5, 5.41) is 54.0. The van der Waals surface area contributed by atoms with E-state index in [0.29, 0.717) is 19.4 Å². The van der Waals surface area contributed by atoms with E-state index >= 15 is 0 Å². The first-order valence-electron chi connectivity index (χ1n) is 26.6. The maximum absolute atomic E-state index is 12.9. The van der Waals surface area contributed by atoms with Crippen LogP contribution in [0.2, 0.25) is 0 Å². The SMILES string of the molecule is CCC/C=C\C/C=C\CCCCCCCC(=O)OCCCCCCCCC/C=C\CCCCCCCC(=O)NC(COC1OC(CO)C(O)C(O)C1O)C(O)/C=C/CC/C=C/CCCCC. The van der Waals surface area contributed by atoms with Crippen molar-refractivity contribution < 1.29 is 49.3 Å². The Morgan fingerprint density at radius 3 is 1.65 bits per heavy atom. The quantitative estimate of drug-likeness (QED) is 0.0196. The first-order chi connectivity index (χ1) is 32.2. The standard InChI is InChI=1S/C55H97NO10/c1-3-5-7-9-11-13-14-19-23-27-31-35-39-43-51(60)64-44-40-36-32-28-24-21-18-16-15-17-20-22-26-30-34-38-42-50(59)56-47(48(58)41-37-33-29-25-12-10-8-6-4-2)46-65-55-54(63)53(62)52(61)49(45-57)66-55/h7,9,12-15,17,25,37,41,47-49,52-55,57-58,61-63H,3-6,8,10-11,16,18-24,26-36,38-40,42-46H2,1-2H3,(H,56,59)/b9-7-,14-13-,17-15-,25-12+,41-37+. The van der Waals surface area contributed by atoms with Crippen molar-refractivity contribution in [3.63, 3.8) is 0 Å². The van der Waals surface area contributed by atoms with Crippen LogP contribution in [0, 0.1) is 0 Å². The lowest BCUT2D eigenvalue weighted by molar-refractivity contribution is -0.302. The monoisotopic (exact) mass is 932 g/mol. The topological polar surface area (TPSA) is 175 Å². The molecule has 1 amide bonds. The van der Waals surface area contributed by atoms with Crippen molar-refractivity contribution in [3.8, 4) is 0 Å². The van der Waals surface area contributed by atoms with Gasteiger partial charge in [-0.1, -0.05) is 164 Å². The van der Waals surface area contributed by atoms with Gasteiger partial charge in [0, 0.05) is 12.8 Å². The number of esters is 1. The molecular formula is C55H97NO10. The lowest BCUT2D eigenvalue weighted by atomic mass is 9.99. The Hall–Kier alpha value is -2.64. The van der Waals surface area contributed by atoms with E-state index in [-0.39, 0.29) is 18.5 Å². The number of ether oxygens (including phenoxy) is 3. The molecule has 1 saturated heterocycles. The average molecular weight is 932 g/mol. The van der Waals surface area contributed by atoms with Gasteiger partial charge in [-0.15, -0.1) is 0 Å². The van der Waals surface area contributed by atoms with E-state index in [4.69, 9.17) is 14.2 Å². The van der Waals surface area contributed by atoms with Crippen molar-refractivity contribution in [1.29, 1.82) is 0 Å². The van der Waals surface area contributed by atoms with Crippen molar-refractivity contribution in [2.45, 2.75) is 256 Å². The van der Waals surface area contributed by atoms with Crippen LogP contribution in [0.5, 0.6) is 0 Å². The van der Waals surface area contributed by atoms with Gasteiger partial charge in [0.05, 0.1) is 32.0 Å². The van der Waals surface area contributed by atoms with E-state index < -0.39 is 49.5 Å². The molecule has 66 heavy (non-hydrogen) atoms. The van der Waals surface area contributed by atoms with Gasteiger partial charge in [0.2, 0.25) is 5.91 Å². The summed E-state index contributed by atoms with van der Waals surface area (Å²) in [6.07, 6.45) is 46.0. The molecule has 0 aromatic rings. The maximum atomic E-state index is 12.9. The third kappa shape index (κ3) is 34.6. The summed E-state index contributed by atoms with van der Waals surface area (Å²) in [5.74, 6) is -0.253. The lowest BCUT2D eigenvalue weighted by Crippen LogP contribution is -2.60. The predicted molar refractivity (Wildman–Crippen MR) is 269 cm³/mol. The summed E-state index contributed by atoms with van der Waals surface area (Å²) in [7, 11) is 0. The number of aliphatic hydroxyl groups excluding tert-OH is 5. The van der Waals surface area contributed by atoms with Gasteiger partial charge in [-0.2, -0.15) is 0 Å². The van der Waals surface area contributed by atoms with Gasteiger partial charge >= 0.3 is 5.97 Å². The zero-order valence-corrected chi connectivity index (χ0v) is 41.6. The highest BCUT2D eigenvalue weighted by Gasteiger charge is 2.44. The number of carbonyl (C=O) groups excluding carboxylic acids is 2. The van der Waals surface area contributed by atoms with Crippen molar-refractivity contribution in [2.75, 3.05) is 19.8 Å². The highest BCUT2D eigenvalue weighted by atomic mass is 16.7. The number of allylic oxidation sites excluding steroid dienone is 9. The zero-order valence-electron chi connectivity index (χ0n) is 41.6. The van der Waals surface area contributed by atoms with E-state index in [1.54, 1.807) is 6.08 Å². The molecule has 7 atom stereocenters. The number of carbonyl (C=O) groups is 2. The minimum absolute atomic E-state index is 0.0384. The van der Waals surface area contributed by atoms with E-state index in [2.05, 4.69) is 67.8 Å². The maximum Gasteiger partial charge on any atom is 0.305 e. The van der Waals surface area contributed by atoms with Crippen LogP contribution in [-0.2, 0) is 23.8 Å². The molecule has 1 fully saturated rings. The molecule has 7 unspecified atom stereocenters. The van der Waals surface area contributed by atoms with E-state index in [9.17, 15) is 35.1 Å². The van der Waals surface area contributed by atoms with Gasteiger partial charge in [0.1, 0.15) is 24.4 Å². The molecule has 0 bridgehead atoms. The molecule has 0 aromatic heterocycles. The van der Waals surface area contributed by atoms with Gasteiger partial charge < -0.3 is 45.1 Å². The van der Waals surface area contributed by atoms with Crippen molar-refractivity contribution in [2.24, 2.45) is 0 Å². The number of aliphatic hydroxyl groups is 5. The number of rotatable bonds is 44. The summed E-state index contributed by atoms with van der Waals surface area (Å²) in [5.41, 5.74) is 0. The summed E-state index contributed by atoms with van der Waals surface area (Å²) in [6.45, 7) is 4.14. The van der Waals surface area contributed by atoms with Crippen molar-refractivity contribution in [3.05, 3.63) is 60.8 Å². The van der Waals surface area contributed by atoms with Gasteiger partial charge in [0.25, 0.3) is 0 Å². The molecule has 0 saturated carbocycles. The fraction of sp³-hybridized carbons (Fsp3) is 0.782. The van der Waals surface area contributed by atoms with Crippen molar-refractivity contribution in [1.82, 2.24) is 5.32 Å². The Labute approximate surface area is 401 Å². The zero-order chi connectivity index (χ0) is 48.1. The largest absolute Gasteiger partial charge is 0.466 e. The van der Waals surface area contributed by atoms with Crippen LogP contribution in [0.4, 0.5) is 0 Å². The van der Waals surface area contributed by atoms with Crippen LogP contribution in [0.1, 0.15) is 213 Å². The van der Waals surface area contributed by atoms with Crippen LogP contribution < -0.4 is 5.32 Å². The van der Waals surface area contributed by atoms with E-state index in [1.165, 1.54) is 83.5 Å². The van der Waals surface area contributed by atoms with Crippen LogP contribution in [0.15, 0.2) is 60.8 Å². The molecule has 0 radical (unpaired) electrons. The molecule has 6 N–H and O–H groups in total. The Balaban J connectivity index is 2.12. The Bertz CT molecular complexity index is 1280. The first kappa shape index (κ1) is 61.4. The van der Waals surface area contributed by atoms with Crippen molar-refractivity contribution >= 4 is 11.9 Å². The number of nitrogens with one attached hydrogen (secondary N) is 1. The molecular weight excluding hydrogens is 835 g/mol. The predicted octanol–water partition coefficient (Wildman–Crippen LogP) is 11.1. The van der Waals surface area contributed by atoms with Gasteiger partial charge in [0.15, 0.2) is 6.29 Å². The summed E-state index contributed by atoms with van der Waals surface area (Å²) >= 11 is 0. The van der Waals surface area contributed by atoms with Gasteiger partial charge in [-0.25, -0.2) is 0 Å². The number of hydrogen-bond acceptors (Lipinski definition) is 10. The molecule has 0 aliphatic carbocycles. The molecule has 382 valence electrons. The summed E-state index contributed by atoms with van der Waals surface area (Å²) in [4.78, 5) is 25.0. The fourth-order valence-electron chi connectivity index (χ4n) is 7.77. The second kappa shape index (κ2) is 44.8. The number of amides is 1. The minimum atomic E-state index is -1.58. The number of unbranched alkanes of at least 4 members (excludes halogenated alkanes) is 22. The van der Waals surface area contributed by atoms with Crippen LogP contribution >= 0.6 is 0 Å². The summed E-state index contributed by atoms with van der Waals surface area (Å²) in [6, 6.07) is -0.840. The van der Waals surface area contributed by atoms with Gasteiger partial charge in [-0.05, 0) is 96.3 Å². The third-order valence-electron chi connectivity index (χ3n) is 12.1. The second-order valence-electron chi connectivity index (χ2n) is 18.2. The molecule has 1 aliphatic rings. The second-order valence-corrected chi connectivity index (χ2v) is 18.2. The first-order valence-corrected chi connectivity index (χ1v) is 26.6. The highest BCUT2D eigenvalue weighted by molar-refractivity contribution is 5.76. The molecule has 0 aromatic carbocycles. The smallest absolute Gasteiger partial charge is 0.305 e.